The van der Waals surface area contributed by atoms with Crippen LogP contribution in [0.2, 0.25) is 0 Å². The lowest BCUT2D eigenvalue weighted by Crippen LogP contribution is -2.34. The Bertz CT molecular complexity index is 395. The number of amides is 1. The van der Waals surface area contributed by atoms with Crippen molar-refractivity contribution in [3.63, 3.8) is 0 Å². The van der Waals surface area contributed by atoms with Crippen molar-refractivity contribution in [3.8, 4) is 0 Å². The Hall–Kier alpha value is -1.36. The van der Waals surface area contributed by atoms with Crippen LogP contribution in [0.1, 0.15) is 37.3 Å². The van der Waals surface area contributed by atoms with Crippen LogP contribution < -0.4 is 11.1 Å². The summed E-state index contributed by atoms with van der Waals surface area (Å²) in [6.07, 6.45) is 5.67. The molecule has 1 heterocycles. The second-order valence-corrected chi connectivity index (χ2v) is 5.04. The van der Waals surface area contributed by atoms with Gasteiger partial charge in [-0.25, -0.2) is 4.98 Å². The van der Waals surface area contributed by atoms with Crippen LogP contribution in [0.3, 0.4) is 0 Å². The zero-order valence-electron chi connectivity index (χ0n) is 10.8. The van der Waals surface area contributed by atoms with Crippen LogP contribution in [-0.2, 0) is 11.3 Å². The Morgan fingerprint density at radius 3 is 2.78 bits per heavy atom. The molecular formula is C13H21N3O2. The highest BCUT2D eigenvalue weighted by molar-refractivity contribution is 5.78. The number of hydrogen-bond donors (Lipinski definition) is 2. The number of oxazole rings is 1. The molecule has 1 aliphatic rings. The molecule has 2 rings (SSSR count). The first-order chi connectivity index (χ1) is 8.69. The number of nitrogens with two attached hydrogens (primary N) is 1. The number of aryl methyl sites for hydroxylation is 1. The molecular weight excluding hydrogens is 230 g/mol. The van der Waals surface area contributed by atoms with Gasteiger partial charge in [-0.1, -0.05) is 0 Å². The third kappa shape index (κ3) is 3.32. The number of nitrogens with zero attached hydrogens (tertiary/aromatic N) is 1. The third-order valence-electron chi connectivity index (χ3n) is 3.63. The van der Waals surface area contributed by atoms with Gasteiger partial charge in [0.2, 0.25) is 11.8 Å². The molecule has 0 unspecified atom stereocenters. The van der Waals surface area contributed by atoms with Crippen molar-refractivity contribution >= 4 is 5.91 Å². The van der Waals surface area contributed by atoms with E-state index in [2.05, 4.69) is 10.3 Å². The second-order valence-electron chi connectivity index (χ2n) is 5.04. The van der Waals surface area contributed by atoms with Gasteiger partial charge in [0.1, 0.15) is 5.76 Å². The van der Waals surface area contributed by atoms with Crippen molar-refractivity contribution in [2.45, 2.75) is 39.2 Å². The molecule has 5 heteroatoms. The zero-order valence-corrected chi connectivity index (χ0v) is 10.8. The monoisotopic (exact) mass is 251 g/mol. The van der Waals surface area contributed by atoms with E-state index in [-0.39, 0.29) is 11.8 Å². The summed E-state index contributed by atoms with van der Waals surface area (Å²) in [4.78, 5) is 16.0. The lowest BCUT2D eigenvalue weighted by molar-refractivity contribution is -0.126. The van der Waals surface area contributed by atoms with Crippen LogP contribution in [0.25, 0.3) is 0 Å². The van der Waals surface area contributed by atoms with E-state index >= 15 is 0 Å². The lowest BCUT2D eigenvalue weighted by Gasteiger charge is -2.26. The van der Waals surface area contributed by atoms with Gasteiger partial charge in [0, 0.05) is 5.92 Å². The van der Waals surface area contributed by atoms with Crippen LogP contribution >= 0.6 is 0 Å². The van der Waals surface area contributed by atoms with Gasteiger partial charge in [0.25, 0.3) is 0 Å². The molecule has 1 aromatic heterocycles. The quantitative estimate of drug-likeness (QED) is 0.846. The van der Waals surface area contributed by atoms with Crippen molar-refractivity contribution < 1.29 is 9.21 Å². The standard InChI is InChI=1S/C13H21N3O2/c1-9-7-15-12(18-9)8-16-13(17)11-4-2-10(6-14)3-5-11/h7,10-11H,2-6,8,14H2,1H3,(H,16,17). The Balaban J connectivity index is 1.75. The number of rotatable bonds is 4. The summed E-state index contributed by atoms with van der Waals surface area (Å²) in [5.41, 5.74) is 5.64. The number of carbonyl (C=O) groups is 1. The van der Waals surface area contributed by atoms with Crippen LogP contribution in [0.15, 0.2) is 10.6 Å². The van der Waals surface area contributed by atoms with Crippen LogP contribution in [-0.4, -0.2) is 17.4 Å². The van der Waals surface area contributed by atoms with Gasteiger partial charge in [-0.05, 0) is 45.1 Å². The second kappa shape index (κ2) is 6.00. The fourth-order valence-electron chi connectivity index (χ4n) is 2.45. The average molecular weight is 251 g/mol. The summed E-state index contributed by atoms with van der Waals surface area (Å²) in [5.74, 6) is 2.17. The highest BCUT2D eigenvalue weighted by Gasteiger charge is 2.25. The molecule has 18 heavy (non-hydrogen) atoms. The van der Waals surface area contributed by atoms with Crippen molar-refractivity contribution in [1.29, 1.82) is 0 Å². The molecule has 1 aliphatic carbocycles. The molecule has 3 N–H and O–H groups in total. The van der Waals surface area contributed by atoms with Crippen LogP contribution in [0.4, 0.5) is 0 Å². The Labute approximate surface area is 107 Å². The van der Waals surface area contributed by atoms with Crippen molar-refractivity contribution in [2.24, 2.45) is 17.6 Å². The van der Waals surface area contributed by atoms with Gasteiger partial charge in [0.05, 0.1) is 12.7 Å². The van der Waals surface area contributed by atoms with Crippen molar-refractivity contribution in [3.05, 3.63) is 17.8 Å². The molecule has 1 saturated carbocycles. The van der Waals surface area contributed by atoms with E-state index < -0.39 is 0 Å². The van der Waals surface area contributed by atoms with Gasteiger partial charge in [-0.3, -0.25) is 4.79 Å². The van der Waals surface area contributed by atoms with Gasteiger partial charge >= 0.3 is 0 Å². The number of nitrogens with one attached hydrogen (secondary N) is 1. The third-order valence-corrected chi connectivity index (χ3v) is 3.63. The fraction of sp³-hybridized carbons (Fsp3) is 0.692. The van der Waals surface area contributed by atoms with Crippen molar-refractivity contribution in [2.75, 3.05) is 6.54 Å². The van der Waals surface area contributed by atoms with E-state index in [1.807, 2.05) is 6.92 Å². The van der Waals surface area contributed by atoms with E-state index in [0.29, 0.717) is 18.4 Å². The highest BCUT2D eigenvalue weighted by Crippen LogP contribution is 2.28. The molecule has 5 nitrogen and oxygen atoms in total. The van der Waals surface area contributed by atoms with E-state index in [0.717, 1.165) is 38.0 Å². The smallest absolute Gasteiger partial charge is 0.223 e. The Kier molecular flexibility index (Phi) is 4.36. The average Bonchev–Trinajstić information content (AvgIpc) is 2.82. The first-order valence-corrected chi connectivity index (χ1v) is 6.58. The minimum atomic E-state index is 0.112. The van der Waals surface area contributed by atoms with Gasteiger partial charge in [0.15, 0.2) is 0 Å². The molecule has 100 valence electrons. The van der Waals surface area contributed by atoms with Gasteiger partial charge in [-0.2, -0.15) is 0 Å². The number of carbonyl (C=O) groups excluding carboxylic acids is 1. The molecule has 1 fully saturated rings. The summed E-state index contributed by atoms with van der Waals surface area (Å²) in [7, 11) is 0. The lowest BCUT2D eigenvalue weighted by atomic mass is 9.81. The molecule has 0 radical (unpaired) electrons. The molecule has 1 amide bonds. The van der Waals surface area contributed by atoms with E-state index in [9.17, 15) is 4.79 Å². The predicted molar refractivity (Wildman–Crippen MR) is 67.6 cm³/mol. The van der Waals surface area contributed by atoms with Gasteiger partial charge < -0.3 is 15.5 Å². The predicted octanol–water partition coefficient (Wildman–Crippen LogP) is 1.36. The maximum Gasteiger partial charge on any atom is 0.223 e. The summed E-state index contributed by atoms with van der Waals surface area (Å²) in [6.45, 7) is 2.96. The van der Waals surface area contributed by atoms with Crippen LogP contribution in [0.5, 0.6) is 0 Å². The fourth-order valence-corrected chi connectivity index (χ4v) is 2.45. The molecule has 0 spiro atoms. The summed E-state index contributed by atoms with van der Waals surface area (Å²) >= 11 is 0. The first kappa shape index (κ1) is 13.1. The van der Waals surface area contributed by atoms with Crippen molar-refractivity contribution in [1.82, 2.24) is 10.3 Å². The maximum atomic E-state index is 12.0. The minimum Gasteiger partial charge on any atom is -0.444 e. The first-order valence-electron chi connectivity index (χ1n) is 6.58. The SMILES string of the molecule is Cc1cnc(CNC(=O)C2CCC(CN)CC2)o1. The Morgan fingerprint density at radius 1 is 1.50 bits per heavy atom. The normalized spacial score (nSPS) is 23.9. The highest BCUT2D eigenvalue weighted by atomic mass is 16.4. The molecule has 0 aliphatic heterocycles. The molecule has 1 aromatic rings. The topological polar surface area (TPSA) is 81.2 Å². The van der Waals surface area contributed by atoms with E-state index in [1.165, 1.54) is 0 Å². The number of aromatic nitrogens is 1. The zero-order chi connectivity index (χ0) is 13.0. The van der Waals surface area contributed by atoms with Gasteiger partial charge in [-0.15, -0.1) is 0 Å². The summed E-state index contributed by atoms with van der Waals surface area (Å²) in [6, 6.07) is 0. The molecule has 0 saturated heterocycles. The maximum absolute atomic E-state index is 12.0. The number of hydrogen-bond acceptors (Lipinski definition) is 4. The molecule has 0 atom stereocenters. The molecule has 0 bridgehead atoms. The van der Waals surface area contributed by atoms with E-state index in [1.54, 1.807) is 6.20 Å². The molecule has 0 aromatic carbocycles. The largest absolute Gasteiger partial charge is 0.444 e. The summed E-state index contributed by atoms with van der Waals surface area (Å²) < 4.78 is 5.31. The van der Waals surface area contributed by atoms with E-state index in [4.69, 9.17) is 10.2 Å². The summed E-state index contributed by atoms with van der Waals surface area (Å²) in [5, 5.41) is 2.89. The Morgan fingerprint density at radius 2 is 2.22 bits per heavy atom. The van der Waals surface area contributed by atoms with Crippen LogP contribution in [0, 0.1) is 18.8 Å². The minimum absolute atomic E-state index is 0.112.